The maximum Gasteiger partial charge on any atom is 0.127 e. The summed E-state index contributed by atoms with van der Waals surface area (Å²) >= 11 is 0. The first kappa shape index (κ1) is 13.4. The molecule has 0 radical (unpaired) electrons. The minimum atomic E-state index is -0.272. The molecule has 2 aromatic carbocycles. The van der Waals surface area contributed by atoms with E-state index in [4.69, 9.17) is 0 Å². The lowest BCUT2D eigenvalue weighted by Crippen LogP contribution is -1.91. The van der Waals surface area contributed by atoms with E-state index in [2.05, 4.69) is 0 Å². The third-order valence-electron chi connectivity index (χ3n) is 3.24. The molecule has 19 heavy (non-hydrogen) atoms. The number of hydrogen-bond acceptors (Lipinski definition) is 2. The van der Waals surface area contributed by atoms with Gasteiger partial charge in [0.05, 0.1) is 0 Å². The zero-order valence-corrected chi connectivity index (χ0v) is 11.2. The highest BCUT2D eigenvalue weighted by atomic mass is 19.1. The van der Waals surface area contributed by atoms with E-state index < -0.39 is 0 Å². The molecule has 3 heteroatoms. The largest absolute Gasteiger partial charge is 0.508 e. The van der Waals surface area contributed by atoms with Crippen LogP contribution in [0.15, 0.2) is 30.3 Å². The number of phenols is 2. The molecule has 0 aliphatic heterocycles. The molecule has 0 aromatic heterocycles. The van der Waals surface area contributed by atoms with Crippen molar-refractivity contribution >= 4 is 0 Å². The van der Waals surface area contributed by atoms with E-state index in [0.717, 1.165) is 11.1 Å². The fourth-order valence-electron chi connectivity index (χ4n) is 2.10. The SMILES string of the molecule is Cc1cc(-c2cc(C(C)C)c(O)cc2O)ccc1F. The molecule has 0 heterocycles. The lowest BCUT2D eigenvalue weighted by atomic mass is 9.95. The van der Waals surface area contributed by atoms with Crippen molar-refractivity contribution in [1.29, 1.82) is 0 Å². The van der Waals surface area contributed by atoms with Gasteiger partial charge in [0.15, 0.2) is 0 Å². The minimum absolute atomic E-state index is 0.00657. The summed E-state index contributed by atoms with van der Waals surface area (Å²) in [7, 11) is 0. The highest BCUT2D eigenvalue weighted by Crippen LogP contribution is 2.38. The van der Waals surface area contributed by atoms with Gasteiger partial charge in [-0.3, -0.25) is 0 Å². The topological polar surface area (TPSA) is 40.5 Å². The monoisotopic (exact) mass is 260 g/mol. The summed E-state index contributed by atoms with van der Waals surface area (Å²) in [6, 6.07) is 7.78. The van der Waals surface area contributed by atoms with Crippen LogP contribution in [-0.4, -0.2) is 10.2 Å². The summed E-state index contributed by atoms with van der Waals surface area (Å²) in [4.78, 5) is 0. The number of phenolic OH excluding ortho intramolecular Hbond substituents is 2. The lowest BCUT2D eigenvalue weighted by Gasteiger charge is -2.13. The normalized spacial score (nSPS) is 11.0. The Morgan fingerprint density at radius 3 is 2.26 bits per heavy atom. The summed E-state index contributed by atoms with van der Waals surface area (Å²) in [6.07, 6.45) is 0. The van der Waals surface area contributed by atoms with Crippen LogP contribution in [0.2, 0.25) is 0 Å². The van der Waals surface area contributed by atoms with E-state index in [1.54, 1.807) is 25.1 Å². The summed E-state index contributed by atoms with van der Waals surface area (Å²) in [6.45, 7) is 5.61. The van der Waals surface area contributed by atoms with Gasteiger partial charge in [-0.15, -0.1) is 0 Å². The van der Waals surface area contributed by atoms with Crippen LogP contribution in [0.5, 0.6) is 11.5 Å². The predicted molar refractivity (Wildman–Crippen MR) is 74.0 cm³/mol. The van der Waals surface area contributed by atoms with Gasteiger partial charge < -0.3 is 10.2 Å². The van der Waals surface area contributed by atoms with Crippen LogP contribution in [0.1, 0.15) is 30.9 Å². The number of rotatable bonds is 2. The van der Waals surface area contributed by atoms with E-state index in [1.165, 1.54) is 12.1 Å². The fourth-order valence-corrected chi connectivity index (χ4v) is 2.10. The van der Waals surface area contributed by atoms with Gasteiger partial charge in [-0.1, -0.05) is 19.9 Å². The zero-order chi connectivity index (χ0) is 14.2. The maximum absolute atomic E-state index is 13.3. The molecule has 0 fully saturated rings. The second-order valence-electron chi connectivity index (χ2n) is 5.05. The van der Waals surface area contributed by atoms with Crippen molar-refractivity contribution in [2.24, 2.45) is 0 Å². The Morgan fingerprint density at radius 1 is 1.00 bits per heavy atom. The highest BCUT2D eigenvalue weighted by Gasteiger charge is 2.13. The van der Waals surface area contributed by atoms with Crippen LogP contribution in [0.25, 0.3) is 11.1 Å². The van der Waals surface area contributed by atoms with Crippen molar-refractivity contribution in [2.75, 3.05) is 0 Å². The molecular formula is C16H17FO2. The Morgan fingerprint density at radius 2 is 1.68 bits per heavy atom. The molecule has 0 unspecified atom stereocenters. The minimum Gasteiger partial charge on any atom is -0.508 e. The van der Waals surface area contributed by atoms with Crippen molar-refractivity contribution < 1.29 is 14.6 Å². The maximum atomic E-state index is 13.3. The van der Waals surface area contributed by atoms with Crippen LogP contribution >= 0.6 is 0 Å². The van der Waals surface area contributed by atoms with Gasteiger partial charge in [-0.25, -0.2) is 4.39 Å². The van der Waals surface area contributed by atoms with Gasteiger partial charge in [0.25, 0.3) is 0 Å². The quantitative estimate of drug-likeness (QED) is 0.843. The molecule has 100 valence electrons. The first-order valence-corrected chi connectivity index (χ1v) is 6.22. The van der Waals surface area contributed by atoms with Gasteiger partial charge in [-0.2, -0.15) is 0 Å². The third kappa shape index (κ3) is 2.55. The summed E-state index contributed by atoms with van der Waals surface area (Å²) in [5.74, 6) is -0.0602. The molecular weight excluding hydrogens is 243 g/mol. The van der Waals surface area contributed by atoms with E-state index >= 15 is 0 Å². The Labute approximate surface area is 112 Å². The summed E-state index contributed by atoms with van der Waals surface area (Å²) in [5.41, 5.74) is 2.62. The van der Waals surface area contributed by atoms with Gasteiger partial charge in [-0.05, 0) is 47.7 Å². The molecule has 0 spiro atoms. The van der Waals surface area contributed by atoms with E-state index in [0.29, 0.717) is 11.1 Å². The van der Waals surface area contributed by atoms with Crippen molar-refractivity contribution in [3.63, 3.8) is 0 Å². The molecule has 2 rings (SSSR count). The number of aryl methyl sites for hydroxylation is 1. The Hall–Kier alpha value is -2.03. The van der Waals surface area contributed by atoms with Crippen LogP contribution in [0.4, 0.5) is 4.39 Å². The first-order valence-electron chi connectivity index (χ1n) is 6.22. The molecule has 0 aliphatic rings. The van der Waals surface area contributed by atoms with Gasteiger partial charge in [0.1, 0.15) is 17.3 Å². The molecule has 2 aromatic rings. The number of hydrogen-bond donors (Lipinski definition) is 2. The smallest absolute Gasteiger partial charge is 0.127 e. The van der Waals surface area contributed by atoms with Crippen molar-refractivity contribution in [2.45, 2.75) is 26.7 Å². The van der Waals surface area contributed by atoms with Gasteiger partial charge >= 0.3 is 0 Å². The average molecular weight is 260 g/mol. The molecule has 0 saturated carbocycles. The van der Waals surface area contributed by atoms with E-state index in [9.17, 15) is 14.6 Å². The average Bonchev–Trinajstić information content (AvgIpc) is 2.32. The van der Waals surface area contributed by atoms with Crippen LogP contribution in [0.3, 0.4) is 0 Å². The first-order chi connectivity index (χ1) is 8.90. The van der Waals surface area contributed by atoms with Crippen molar-refractivity contribution in [3.05, 3.63) is 47.3 Å². The highest BCUT2D eigenvalue weighted by molar-refractivity contribution is 5.73. The second kappa shape index (κ2) is 4.92. The molecule has 2 nitrogen and oxygen atoms in total. The summed E-state index contributed by atoms with van der Waals surface area (Å²) in [5, 5.41) is 19.8. The third-order valence-corrected chi connectivity index (χ3v) is 3.24. The van der Waals surface area contributed by atoms with Crippen LogP contribution < -0.4 is 0 Å². The van der Waals surface area contributed by atoms with Crippen molar-refractivity contribution in [3.8, 4) is 22.6 Å². The van der Waals surface area contributed by atoms with E-state index in [1.807, 2.05) is 13.8 Å². The zero-order valence-electron chi connectivity index (χ0n) is 11.2. The Balaban J connectivity index is 2.61. The second-order valence-corrected chi connectivity index (χ2v) is 5.05. The number of halogens is 1. The number of aromatic hydroxyl groups is 2. The predicted octanol–water partition coefficient (Wildman–Crippen LogP) is 4.34. The summed E-state index contributed by atoms with van der Waals surface area (Å²) < 4.78 is 13.3. The molecule has 2 N–H and O–H groups in total. The fraction of sp³-hybridized carbons (Fsp3) is 0.250. The van der Waals surface area contributed by atoms with E-state index in [-0.39, 0.29) is 23.2 Å². The molecule has 0 aliphatic carbocycles. The standard InChI is InChI=1S/C16H17FO2/c1-9(2)12-7-13(16(19)8-15(12)18)11-4-5-14(17)10(3)6-11/h4-9,18-19H,1-3H3. The molecule has 0 amide bonds. The van der Waals surface area contributed by atoms with Crippen molar-refractivity contribution in [1.82, 2.24) is 0 Å². The molecule has 0 saturated heterocycles. The molecule has 0 atom stereocenters. The van der Waals surface area contributed by atoms with Crippen LogP contribution in [-0.2, 0) is 0 Å². The molecule has 0 bridgehead atoms. The Bertz CT molecular complexity index is 618. The van der Waals surface area contributed by atoms with Gasteiger partial charge in [0.2, 0.25) is 0 Å². The van der Waals surface area contributed by atoms with Gasteiger partial charge in [0, 0.05) is 11.6 Å². The Kier molecular flexibility index (Phi) is 3.47. The van der Waals surface area contributed by atoms with Crippen LogP contribution in [0, 0.1) is 12.7 Å². The number of benzene rings is 2. The lowest BCUT2D eigenvalue weighted by molar-refractivity contribution is 0.445.